The van der Waals surface area contributed by atoms with Crippen molar-refractivity contribution >= 4 is 5.91 Å². The Hall–Kier alpha value is -2.91. The molecule has 1 aliphatic rings. The number of amides is 1. The number of nitrogens with zero attached hydrogens (tertiary/aromatic N) is 1. The summed E-state index contributed by atoms with van der Waals surface area (Å²) in [5.74, 6) is 0.704. The fourth-order valence-corrected chi connectivity index (χ4v) is 4.14. The van der Waals surface area contributed by atoms with Crippen molar-refractivity contribution in [3.63, 3.8) is 0 Å². The topological polar surface area (TPSA) is 32.3 Å². The highest BCUT2D eigenvalue weighted by atomic mass is 16.1. The molecule has 0 aliphatic carbocycles. The third-order valence-corrected chi connectivity index (χ3v) is 5.97. The van der Waals surface area contributed by atoms with Gasteiger partial charge in [0.05, 0.1) is 6.42 Å². The summed E-state index contributed by atoms with van der Waals surface area (Å²) < 4.78 is 0. The quantitative estimate of drug-likeness (QED) is 0.612. The Morgan fingerprint density at radius 2 is 1.37 bits per heavy atom. The largest absolute Gasteiger partial charge is 0.356 e. The Balaban J connectivity index is 1.18. The third-order valence-electron chi connectivity index (χ3n) is 5.97. The lowest BCUT2D eigenvalue weighted by Crippen LogP contribution is -2.38. The van der Waals surface area contributed by atoms with Crippen LogP contribution in [0.5, 0.6) is 0 Å². The van der Waals surface area contributed by atoms with Crippen molar-refractivity contribution in [3.05, 3.63) is 96.1 Å². The van der Waals surface area contributed by atoms with Crippen molar-refractivity contribution in [2.75, 3.05) is 19.6 Å². The van der Waals surface area contributed by atoms with E-state index < -0.39 is 0 Å². The van der Waals surface area contributed by atoms with Gasteiger partial charge in [-0.25, -0.2) is 0 Å². The van der Waals surface area contributed by atoms with E-state index in [1.54, 1.807) is 0 Å². The second kappa shape index (κ2) is 10.2. The minimum atomic E-state index is 0.120. The molecule has 0 unspecified atom stereocenters. The lowest BCUT2D eigenvalue weighted by molar-refractivity contribution is -0.120. The number of carbonyl (C=O) groups is 1. The fourth-order valence-electron chi connectivity index (χ4n) is 4.14. The van der Waals surface area contributed by atoms with E-state index in [4.69, 9.17) is 0 Å². The first kappa shape index (κ1) is 20.4. The predicted molar refractivity (Wildman–Crippen MR) is 123 cm³/mol. The number of hydrogen-bond donors (Lipinski definition) is 1. The molecule has 4 rings (SSSR count). The summed E-state index contributed by atoms with van der Waals surface area (Å²) >= 11 is 0. The zero-order valence-electron chi connectivity index (χ0n) is 17.5. The van der Waals surface area contributed by atoms with Crippen molar-refractivity contribution in [2.45, 2.75) is 25.8 Å². The van der Waals surface area contributed by atoms with Gasteiger partial charge in [-0.2, -0.15) is 0 Å². The summed E-state index contributed by atoms with van der Waals surface area (Å²) in [5.41, 5.74) is 4.82. The van der Waals surface area contributed by atoms with Gasteiger partial charge in [0.15, 0.2) is 0 Å². The number of carbonyl (C=O) groups excluding carboxylic acids is 1. The number of benzene rings is 3. The molecule has 0 bridgehead atoms. The van der Waals surface area contributed by atoms with Crippen LogP contribution in [0.1, 0.15) is 24.0 Å². The van der Waals surface area contributed by atoms with Gasteiger partial charge >= 0.3 is 0 Å². The van der Waals surface area contributed by atoms with E-state index in [0.717, 1.165) is 44.6 Å². The Labute approximate surface area is 179 Å². The minimum absolute atomic E-state index is 0.120. The highest BCUT2D eigenvalue weighted by Crippen LogP contribution is 2.20. The van der Waals surface area contributed by atoms with Crippen LogP contribution >= 0.6 is 0 Å². The van der Waals surface area contributed by atoms with Gasteiger partial charge in [0, 0.05) is 13.1 Å². The molecule has 0 radical (unpaired) electrons. The number of likely N-dealkylation sites (tertiary alicyclic amines) is 1. The molecule has 1 heterocycles. The monoisotopic (exact) mass is 398 g/mol. The first-order chi connectivity index (χ1) is 14.8. The highest BCUT2D eigenvalue weighted by Gasteiger charge is 2.19. The average molecular weight is 399 g/mol. The van der Waals surface area contributed by atoms with E-state index in [0.29, 0.717) is 12.3 Å². The van der Waals surface area contributed by atoms with Crippen molar-refractivity contribution in [1.82, 2.24) is 10.2 Å². The van der Waals surface area contributed by atoms with Crippen molar-refractivity contribution in [1.29, 1.82) is 0 Å². The van der Waals surface area contributed by atoms with E-state index in [2.05, 4.69) is 76.9 Å². The van der Waals surface area contributed by atoms with Crippen LogP contribution in [-0.4, -0.2) is 30.4 Å². The molecule has 1 aliphatic heterocycles. The summed E-state index contributed by atoms with van der Waals surface area (Å²) in [6, 6.07) is 29.3. The molecule has 0 aromatic heterocycles. The molecule has 3 nitrogen and oxygen atoms in total. The summed E-state index contributed by atoms with van der Waals surface area (Å²) in [4.78, 5) is 14.9. The summed E-state index contributed by atoms with van der Waals surface area (Å²) in [5, 5.41) is 3.15. The molecule has 0 saturated carbocycles. The minimum Gasteiger partial charge on any atom is -0.356 e. The van der Waals surface area contributed by atoms with Crippen LogP contribution in [0.15, 0.2) is 84.9 Å². The number of nitrogens with one attached hydrogen (secondary N) is 1. The smallest absolute Gasteiger partial charge is 0.224 e. The van der Waals surface area contributed by atoms with Crippen molar-refractivity contribution < 1.29 is 4.79 Å². The van der Waals surface area contributed by atoms with Gasteiger partial charge in [0.25, 0.3) is 0 Å². The Bertz CT molecular complexity index is 914. The lowest BCUT2D eigenvalue weighted by atomic mass is 9.96. The van der Waals surface area contributed by atoms with Crippen LogP contribution in [0.3, 0.4) is 0 Å². The van der Waals surface area contributed by atoms with Crippen LogP contribution in [-0.2, 0) is 17.8 Å². The van der Waals surface area contributed by atoms with E-state index >= 15 is 0 Å². The highest BCUT2D eigenvalue weighted by molar-refractivity contribution is 5.78. The van der Waals surface area contributed by atoms with Crippen LogP contribution in [0.4, 0.5) is 0 Å². The average Bonchev–Trinajstić information content (AvgIpc) is 2.80. The Morgan fingerprint density at radius 3 is 2.03 bits per heavy atom. The molecular formula is C27H30N2O. The molecule has 1 N–H and O–H groups in total. The second-order valence-corrected chi connectivity index (χ2v) is 8.25. The summed E-state index contributed by atoms with van der Waals surface area (Å²) in [6.45, 7) is 4.03. The van der Waals surface area contributed by atoms with E-state index in [9.17, 15) is 4.79 Å². The lowest BCUT2D eigenvalue weighted by Gasteiger charge is -2.32. The third kappa shape index (κ3) is 5.80. The van der Waals surface area contributed by atoms with E-state index in [1.807, 2.05) is 18.2 Å². The van der Waals surface area contributed by atoms with Gasteiger partial charge in [-0.15, -0.1) is 0 Å². The molecule has 154 valence electrons. The van der Waals surface area contributed by atoms with E-state index in [1.165, 1.54) is 16.7 Å². The standard InChI is InChI=1S/C27H30N2O/c30-27(19-22-11-13-26(14-12-22)25-9-5-2-6-10-25)28-20-23-15-17-29(18-16-23)21-24-7-3-1-4-8-24/h1-14,23H,15-21H2,(H,28,30). The van der Waals surface area contributed by atoms with Crippen LogP contribution in [0.2, 0.25) is 0 Å². The molecule has 3 aromatic rings. The maximum Gasteiger partial charge on any atom is 0.224 e. The zero-order chi connectivity index (χ0) is 20.6. The summed E-state index contributed by atoms with van der Waals surface area (Å²) in [6.07, 6.45) is 2.75. The fraction of sp³-hybridized carbons (Fsp3) is 0.296. The SMILES string of the molecule is O=C(Cc1ccc(-c2ccccc2)cc1)NCC1CCN(Cc2ccccc2)CC1. The van der Waals surface area contributed by atoms with Gasteiger partial charge in [0.2, 0.25) is 5.91 Å². The predicted octanol–water partition coefficient (Wildman–Crippen LogP) is 4.92. The number of rotatable bonds is 7. The number of piperidine rings is 1. The van der Waals surface area contributed by atoms with Gasteiger partial charge in [-0.3, -0.25) is 9.69 Å². The maximum absolute atomic E-state index is 12.4. The molecule has 1 fully saturated rings. The van der Waals surface area contributed by atoms with E-state index in [-0.39, 0.29) is 5.91 Å². The Kier molecular flexibility index (Phi) is 6.94. The molecule has 1 saturated heterocycles. The van der Waals surface area contributed by atoms with Gasteiger partial charge in [0.1, 0.15) is 0 Å². The van der Waals surface area contributed by atoms with Gasteiger partial charge in [-0.05, 0) is 54.1 Å². The molecule has 0 spiro atoms. The van der Waals surface area contributed by atoms with Crippen molar-refractivity contribution in [3.8, 4) is 11.1 Å². The first-order valence-corrected chi connectivity index (χ1v) is 10.9. The van der Waals surface area contributed by atoms with Crippen LogP contribution in [0.25, 0.3) is 11.1 Å². The molecule has 3 aromatic carbocycles. The normalized spacial score (nSPS) is 15.1. The molecule has 30 heavy (non-hydrogen) atoms. The zero-order valence-corrected chi connectivity index (χ0v) is 17.5. The molecule has 3 heteroatoms. The first-order valence-electron chi connectivity index (χ1n) is 10.9. The van der Waals surface area contributed by atoms with Crippen LogP contribution in [0, 0.1) is 5.92 Å². The molecular weight excluding hydrogens is 368 g/mol. The second-order valence-electron chi connectivity index (χ2n) is 8.25. The van der Waals surface area contributed by atoms with Crippen molar-refractivity contribution in [2.24, 2.45) is 5.92 Å². The Morgan fingerprint density at radius 1 is 0.767 bits per heavy atom. The summed E-state index contributed by atoms with van der Waals surface area (Å²) in [7, 11) is 0. The van der Waals surface area contributed by atoms with Gasteiger partial charge < -0.3 is 5.32 Å². The van der Waals surface area contributed by atoms with Gasteiger partial charge in [-0.1, -0.05) is 84.9 Å². The van der Waals surface area contributed by atoms with Crippen LogP contribution < -0.4 is 5.32 Å². The molecule has 0 atom stereocenters. The number of hydrogen-bond acceptors (Lipinski definition) is 2. The molecule has 1 amide bonds. The maximum atomic E-state index is 12.4.